The maximum atomic E-state index is 6.00. The highest BCUT2D eigenvalue weighted by Gasteiger charge is 2.13. The third kappa shape index (κ3) is 2.50. The molecule has 0 saturated carbocycles. The molecular weight excluding hydrogens is 250 g/mol. The molecule has 0 unspecified atom stereocenters. The van der Waals surface area contributed by atoms with E-state index < -0.39 is 0 Å². The highest BCUT2D eigenvalue weighted by molar-refractivity contribution is 5.85. The van der Waals surface area contributed by atoms with Crippen LogP contribution in [0, 0.1) is 6.92 Å². The van der Waals surface area contributed by atoms with Crippen molar-refractivity contribution in [2.45, 2.75) is 26.4 Å². The normalized spacial score (nSPS) is 12.5. The first-order valence-corrected chi connectivity index (χ1v) is 6.74. The van der Waals surface area contributed by atoms with Crippen molar-refractivity contribution in [1.29, 1.82) is 0 Å². The maximum absolute atomic E-state index is 6.00. The number of pyridine rings is 1. The molecule has 4 heteroatoms. The van der Waals surface area contributed by atoms with Gasteiger partial charge < -0.3 is 4.74 Å². The molecule has 0 aliphatic heterocycles. The third-order valence-corrected chi connectivity index (χ3v) is 3.30. The zero-order chi connectivity index (χ0) is 13.9. The number of nitrogens with zero attached hydrogens (tertiary/aromatic N) is 2. The van der Waals surface area contributed by atoms with Crippen LogP contribution in [0.4, 0.5) is 0 Å². The minimum Gasteiger partial charge on any atom is -0.474 e. The van der Waals surface area contributed by atoms with E-state index in [0.29, 0.717) is 5.88 Å². The molecule has 0 radical (unpaired) electrons. The van der Waals surface area contributed by atoms with Crippen LogP contribution in [0.25, 0.3) is 10.9 Å². The average Bonchev–Trinajstić information content (AvgIpc) is 2.83. The lowest BCUT2D eigenvalue weighted by molar-refractivity contribution is 0.216. The quantitative estimate of drug-likeness (QED) is 0.789. The van der Waals surface area contributed by atoms with Gasteiger partial charge >= 0.3 is 0 Å². The van der Waals surface area contributed by atoms with Crippen molar-refractivity contribution in [3.63, 3.8) is 0 Å². The average molecular weight is 267 g/mol. The van der Waals surface area contributed by atoms with Gasteiger partial charge in [0.25, 0.3) is 0 Å². The Labute approximate surface area is 117 Å². The van der Waals surface area contributed by atoms with Gasteiger partial charge in [-0.1, -0.05) is 30.3 Å². The molecule has 0 saturated heterocycles. The second-order valence-electron chi connectivity index (χ2n) is 4.97. The molecular formula is C16H17N3O. The van der Waals surface area contributed by atoms with Gasteiger partial charge in [0.05, 0.1) is 16.6 Å². The fraction of sp³-hybridized carbons (Fsp3) is 0.250. The smallest absolute Gasteiger partial charge is 0.225 e. The van der Waals surface area contributed by atoms with E-state index in [0.717, 1.165) is 23.0 Å². The summed E-state index contributed by atoms with van der Waals surface area (Å²) in [5.41, 5.74) is 3.13. The summed E-state index contributed by atoms with van der Waals surface area (Å²) in [6.07, 6.45) is 2.66. The first kappa shape index (κ1) is 12.7. The topological polar surface area (TPSA) is 50.8 Å². The molecule has 1 atom stereocenters. The first-order valence-electron chi connectivity index (χ1n) is 6.74. The molecule has 0 amide bonds. The fourth-order valence-electron chi connectivity index (χ4n) is 2.35. The largest absolute Gasteiger partial charge is 0.474 e. The Morgan fingerprint density at radius 2 is 2.00 bits per heavy atom. The van der Waals surface area contributed by atoms with E-state index in [1.807, 2.05) is 31.2 Å². The minimum atomic E-state index is 0.0600. The van der Waals surface area contributed by atoms with E-state index in [1.165, 1.54) is 5.56 Å². The molecule has 3 rings (SSSR count). The lowest BCUT2D eigenvalue weighted by Crippen LogP contribution is -2.15. The molecule has 0 spiro atoms. The number of aromatic amines is 1. The number of benzene rings is 1. The SMILES string of the molecule is Cc1n[nH]c2ccnc(O[C@H](C)Cc3ccccc3)c12. The number of aromatic nitrogens is 3. The summed E-state index contributed by atoms with van der Waals surface area (Å²) in [6.45, 7) is 4.01. The summed E-state index contributed by atoms with van der Waals surface area (Å²) in [5, 5.41) is 8.15. The monoisotopic (exact) mass is 267 g/mol. The molecule has 2 aromatic heterocycles. The number of ether oxygens (including phenoxy) is 1. The highest BCUT2D eigenvalue weighted by atomic mass is 16.5. The molecule has 3 aromatic rings. The molecule has 0 aliphatic rings. The van der Waals surface area contributed by atoms with Crippen LogP contribution in [-0.2, 0) is 6.42 Å². The predicted octanol–water partition coefficient (Wildman–Crippen LogP) is 3.28. The van der Waals surface area contributed by atoms with Gasteiger partial charge in [0, 0.05) is 12.6 Å². The van der Waals surface area contributed by atoms with E-state index >= 15 is 0 Å². The van der Waals surface area contributed by atoms with Crippen LogP contribution in [0.1, 0.15) is 18.2 Å². The Morgan fingerprint density at radius 1 is 1.20 bits per heavy atom. The van der Waals surface area contributed by atoms with E-state index in [4.69, 9.17) is 4.74 Å². The van der Waals surface area contributed by atoms with Crippen LogP contribution >= 0.6 is 0 Å². The summed E-state index contributed by atoms with van der Waals surface area (Å²) >= 11 is 0. The number of fused-ring (bicyclic) bond motifs is 1. The Kier molecular flexibility index (Phi) is 3.37. The van der Waals surface area contributed by atoms with Gasteiger partial charge in [-0.05, 0) is 25.5 Å². The molecule has 4 nitrogen and oxygen atoms in total. The van der Waals surface area contributed by atoms with E-state index in [1.54, 1.807) is 6.20 Å². The summed E-state index contributed by atoms with van der Waals surface area (Å²) < 4.78 is 6.00. The first-order chi connectivity index (χ1) is 9.74. The molecule has 20 heavy (non-hydrogen) atoms. The zero-order valence-electron chi connectivity index (χ0n) is 11.6. The lowest BCUT2D eigenvalue weighted by atomic mass is 10.1. The van der Waals surface area contributed by atoms with Crippen LogP contribution < -0.4 is 4.74 Å². The summed E-state index contributed by atoms with van der Waals surface area (Å²) in [6, 6.07) is 12.2. The van der Waals surface area contributed by atoms with Gasteiger partial charge in [-0.2, -0.15) is 5.10 Å². The summed E-state index contributed by atoms with van der Waals surface area (Å²) in [5.74, 6) is 0.650. The Bertz CT molecular complexity index is 706. The van der Waals surface area contributed by atoms with Gasteiger partial charge in [-0.3, -0.25) is 5.10 Å². The van der Waals surface area contributed by atoms with Crippen molar-refractivity contribution in [2.75, 3.05) is 0 Å². The van der Waals surface area contributed by atoms with Crippen LogP contribution in [-0.4, -0.2) is 21.3 Å². The van der Waals surface area contributed by atoms with Crippen molar-refractivity contribution in [3.8, 4) is 5.88 Å². The molecule has 102 valence electrons. The number of nitrogens with one attached hydrogen (secondary N) is 1. The zero-order valence-corrected chi connectivity index (χ0v) is 11.6. The second kappa shape index (κ2) is 5.33. The number of aryl methyl sites for hydroxylation is 1. The van der Waals surface area contributed by atoms with E-state index in [-0.39, 0.29) is 6.10 Å². The number of hydrogen-bond acceptors (Lipinski definition) is 3. The fourth-order valence-corrected chi connectivity index (χ4v) is 2.35. The van der Waals surface area contributed by atoms with Crippen molar-refractivity contribution < 1.29 is 4.74 Å². The van der Waals surface area contributed by atoms with Crippen LogP contribution in [0.5, 0.6) is 5.88 Å². The summed E-state index contributed by atoms with van der Waals surface area (Å²) in [4.78, 5) is 4.34. The van der Waals surface area contributed by atoms with Gasteiger partial charge in [0.2, 0.25) is 5.88 Å². The van der Waals surface area contributed by atoms with Gasteiger partial charge in [0.15, 0.2) is 0 Å². The van der Waals surface area contributed by atoms with Crippen molar-refractivity contribution in [1.82, 2.24) is 15.2 Å². The van der Waals surface area contributed by atoms with Crippen molar-refractivity contribution in [2.24, 2.45) is 0 Å². The Balaban J connectivity index is 1.81. The van der Waals surface area contributed by atoms with Crippen LogP contribution in [0.2, 0.25) is 0 Å². The van der Waals surface area contributed by atoms with Gasteiger partial charge in [-0.25, -0.2) is 4.98 Å². The molecule has 0 fully saturated rings. The van der Waals surface area contributed by atoms with E-state index in [2.05, 4.69) is 34.2 Å². The number of H-pyrrole nitrogens is 1. The lowest BCUT2D eigenvalue weighted by Gasteiger charge is -2.14. The molecule has 1 aromatic carbocycles. The third-order valence-electron chi connectivity index (χ3n) is 3.30. The van der Waals surface area contributed by atoms with Crippen molar-refractivity contribution in [3.05, 3.63) is 53.9 Å². The van der Waals surface area contributed by atoms with Gasteiger partial charge in [-0.15, -0.1) is 0 Å². The summed E-state index contributed by atoms with van der Waals surface area (Å²) in [7, 11) is 0. The van der Waals surface area contributed by atoms with E-state index in [9.17, 15) is 0 Å². The van der Waals surface area contributed by atoms with Crippen molar-refractivity contribution >= 4 is 10.9 Å². The van der Waals surface area contributed by atoms with Gasteiger partial charge in [0.1, 0.15) is 6.10 Å². The molecule has 0 bridgehead atoms. The number of hydrogen-bond donors (Lipinski definition) is 1. The molecule has 0 aliphatic carbocycles. The highest BCUT2D eigenvalue weighted by Crippen LogP contribution is 2.25. The number of rotatable bonds is 4. The second-order valence-corrected chi connectivity index (χ2v) is 4.97. The molecule has 1 N–H and O–H groups in total. The molecule has 2 heterocycles. The Hall–Kier alpha value is -2.36. The standard InChI is InChI=1S/C16H17N3O/c1-11(10-13-6-4-3-5-7-13)20-16-15-12(2)18-19-14(15)8-9-17-16/h3-9,11H,10H2,1-2H3,(H,18,19)/t11-/m1/s1. The Morgan fingerprint density at radius 3 is 2.80 bits per heavy atom. The van der Waals surface area contributed by atoms with Crippen LogP contribution in [0.15, 0.2) is 42.6 Å². The van der Waals surface area contributed by atoms with Crippen LogP contribution in [0.3, 0.4) is 0 Å². The minimum absolute atomic E-state index is 0.0600. The predicted molar refractivity (Wildman–Crippen MR) is 78.9 cm³/mol. The maximum Gasteiger partial charge on any atom is 0.225 e.